The number of hydrogen-bond donors (Lipinski definition) is 0. The van der Waals surface area contributed by atoms with E-state index in [0.29, 0.717) is 6.04 Å². The maximum absolute atomic E-state index is 12.7. The number of rotatable bonds is 5. The quantitative estimate of drug-likeness (QED) is 0.777. The van der Waals surface area contributed by atoms with E-state index >= 15 is 0 Å². The molecule has 1 aromatic carbocycles. The molecule has 3 heterocycles. The first-order chi connectivity index (χ1) is 11.6. The topological polar surface area (TPSA) is 39.3 Å². The standard InChI is InChI=1S/C19H27N3O2/c1-19(15-24-19)14-21-11-12-22(18(21)23)17-7-9-20(10-8-17)13-16-5-3-2-4-6-16/h2-6,17H,7-15H2,1H3. The zero-order valence-corrected chi connectivity index (χ0v) is 14.5. The van der Waals surface area contributed by atoms with Gasteiger partial charge in [-0.2, -0.15) is 0 Å². The predicted octanol–water partition coefficient (Wildman–Crippen LogP) is 2.18. The molecule has 1 aromatic rings. The highest BCUT2D eigenvalue weighted by molar-refractivity contribution is 5.77. The highest BCUT2D eigenvalue weighted by Crippen LogP contribution is 2.29. The fraction of sp³-hybridized carbons (Fsp3) is 0.632. The summed E-state index contributed by atoms with van der Waals surface area (Å²) in [4.78, 5) is 19.2. The van der Waals surface area contributed by atoms with E-state index in [2.05, 4.69) is 47.1 Å². The number of carbonyl (C=O) groups excluding carboxylic acids is 1. The summed E-state index contributed by atoms with van der Waals surface area (Å²) in [6, 6.07) is 11.3. The van der Waals surface area contributed by atoms with Crippen LogP contribution in [-0.2, 0) is 11.3 Å². The fourth-order valence-corrected chi connectivity index (χ4v) is 3.94. The lowest BCUT2D eigenvalue weighted by molar-refractivity contribution is 0.124. The summed E-state index contributed by atoms with van der Waals surface area (Å²) in [5.74, 6) is 0. The number of nitrogens with zero attached hydrogens (tertiary/aromatic N) is 3. The van der Waals surface area contributed by atoms with Gasteiger partial charge in [-0.05, 0) is 25.3 Å². The van der Waals surface area contributed by atoms with Gasteiger partial charge in [0, 0.05) is 38.8 Å². The Bertz CT molecular complexity index is 580. The van der Waals surface area contributed by atoms with Gasteiger partial charge in [0.15, 0.2) is 0 Å². The molecule has 3 aliphatic rings. The normalized spacial score (nSPS) is 28.6. The molecule has 2 amide bonds. The van der Waals surface area contributed by atoms with E-state index in [9.17, 15) is 4.79 Å². The Labute approximate surface area is 144 Å². The second-order valence-corrected chi connectivity index (χ2v) is 7.63. The van der Waals surface area contributed by atoms with Crippen LogP contribution in [0.4, 0.5) is 4.79 Å². The number of piperidine rings is 1. The SMILES string of the molecule is CC1(CN2CCN(C3CCN(Cc4ccccc4)CC3)C2=O)CO1. The number of epoxide rings is 1. The molecule has 1 atom stereocenters. The lowest BCUT2D eigenvalue weighted by Gasteiger charge is -2.36. The summed E-state index contributed by atoms with van der Waals surface area (Å²) in [6.45, 7) is 8.51. The van der Waals surface area contributed by atoms with Crippen molar-refractivity contribution in [2.24, 2.45) is 0 Å². The van der Waals surface area contributed by atoms with Gasteiger partial charge in [0.1, 0.15) is 5.60 Å². The third kappa shape index (κ3) is 3.42. The largest absolute Gasteiger partial charge is 0.368 e. The van der Waals surface area contributed by atoms with Crippen LogP contribution >= 0.6 is 0 Å². The minimum absolute atomic E-state index is 0.0787. The summed E-state index contributed by atoms with van der Waals surface area (Å²) < 4.78 is 5.44. The van der Waals surface area contributed by atoms with Crippen LogP contribution in [0.5, 0.6) is 0 Å². The minimum Gasteiger partial charge on any atom is -0.368 e. The molecule has 0 bridgehead atoms. The van der Waals surface area contributed by atoms with Crippen LogP contribution in [0.15, 0.2) is 30.3 Å². The van der Waals surface area contributed by atoms with Crippen molar-refractivity contribution in [1.82, 2.24) is 14.7 Å². The average molecular weight is 329 g/mol. The van der Waals surface area contributed by atoms with Crippen LogP contribution in [-0.4, -0.2) is 71.7 Å². The van der Waals surface area contributed by atoms with Crippen molar-refractivity contribution in [3.8, 4) is 0 Å². The lowest BCUT2D eigenvalue weighted by Crippen LogP contribution is -2.47. The Morgan fingerprint density at radius 2 is 1.83 bits per heavy atom. The van der Waals surface area contributed by atoms with Gasteiger partial charge in [-0.15, -0.1) is 0 Å². The molecule has 24 heavy (non-hydrogen) atoms. The van der Waals surface area contributed by atoms with Crippen molar-refractivity contribution >= 4 is 6.03 Å². The molecule has 3 fully saturated rings. The first kappa shape index (κ1) is 15.9. The molecule has 0 radical (unpaired) electrons. The van der Waals surface area contributed by atoms with Gasteiger partial charge in [0.2, 0.25) is 0 Å². The molecule has 5 heteroatoms. The van der Waals surface area contributed by atoms with Crippen molar-refractivity contribution in [2.75, 3.05) is 39.3 Å². The fourth-order valence-electron chi connectivity index (χ4n) is 3.94. The predicted molar refractivity (Wildman–Crippen MR) is 92.8 cm³/mol. The van der Waals surface area contributed by atoms with Gasteiger partial charge in [-0.25, -0.2) is 4.79 Å². The van der Waals surface area contributed by atoms with Crippen LogP contribution in [0.3, 0.4) is 0 Å². The Morgan fingerprint density at radius 1 is 1.12 bits per heavy atom. The molecule has 0 N–H and O–H groups in total. The Balaban J connectivity index is 1.27. The molecule has 0 aliphatic carbocycles. The van der Waals surface area contributed by atoms with E-state index in [1.807, 2.05) is 4.90 Å². The lowest BCUT2D eigenvalue weighted by atomic mass is 10.0. The van der Waals surface area contributed by atoms with Gasteiger partial charge in [-0.3, -0.25) is 4.90 Å². The average Bonchev–Trinajstić information content (AvgIpc) is 3.22. The summed E-state index contributed by atoms with van der Waals surface area (Å²) in [6.07, 6.45) is 2.17. The molecule has 1 unspecified atom stereocenters. The highest BCUT2D eigenvalue weighted by Gasteiger charge is 2.45. The van der Waals surface area contributed by atoms with Crippen LogP contribution < -0.4 is 0 Å². The molecule has 0 spiro atoms. The van der Waals surface area contributed by atoms with E-state index in [-0.39, 0.29) is 11.6 Å². The third-order valence-electron chi connectivity index (χ3n) is 5.54. The van der Waals surface area contributed by atoms with Crippen molar-refractivity contribution in [3.05, 3.63) is 35.9 Å². The van der Waals surface area contributed by atoms with E-state index in [0.717, 1.165) is 58.7 Å². The number of likely N-dealkylation sites (tertiary alicyclic amines) is 1. The van der Waals surface area contributed by atoms with Crippen LogP contribution in [0.1, 0.15) is 25.3 Å². The molecule has 0 aromatic heterocycles. The molecule has 3 aliphatic heterocycles. The Kier molecular flexibility index (Phi) is 4.22. The summed E-state index contributed by atoms with van der Waals surface area (Å²) in [5, 5.41) is 0. The Morgan fingerprint density at radius 3 is 2.50 bits per heavy atom. The molecule has 0 saturated carbocycles. The zero-order valence-electron chi connectivity index (χ0n) is 14.5. The number of carbonyl (C=O) groups is 1. The zero-order chi connectivity index (χ0) is 16.6. The second kappa shape index (κ2) is 6.37. The molecular weight excluding hydrogens is 302 g/mol. The van der Waals surface area contributed by atoms with Crippen molar-refractivity contribution in [1.29, 1.82) is 0 Å². The van der Waals surface area contributed by atoms with Gasteiger partial charge < -0.3 is 14.5 Å². The molecule has 3 saturated heterocycles. The van der Waals surface area contributed by atoms with E-state index in [4.69, 9.17) is 4.74 Å². The first-order valence-electron chi connectivity index (χ1n) is 9.09. The number of urea groups is 1. The monoisotopic (exact) mass is 329 g/mol. The Hall–Kier alpha value is -1.59. The number of hydrogen-bond acceptors (Lipinski definition) is 3. The smallest absolute Gasteiger partial charge is 0.320 e. The molecule has 5 nitrogen and oxygen atoms in total. The second-order valence-electron chi connectivity index (χ2n) is 7.63. The third-order valence-corrected chi connectivity index (χ3v) is 5.54. The van der Waals surface area contributed by atoms with Gasteiger partial charge >= 0.3 is 6.03 Å². The number of amides is 2. The first-order valence-corrected chi connectivity index (χ1v) is 9.09. The summed E-state index contributed by atoms with van der Waals surface area (Å²) >= 11 is 0. The van der Waals surface area contributed by atoms with Crippen molar-refractivity contribution in [2.45, 2.75) is 38.0 Å². The van der Waals surface area contributed by atoms with Crippen LogP contribution in [0, 0.1) is 0 Å². The molecular formula is C19H27N3O2. The van der Waals surface area contributed by atoms with E-state index in [1.54, 1.807) is 0 Å². The number of benzene rings is 1. The number of ether oxygens (including phenoxy) is 1. The van der Waals surface area contributed by atoms with Gasteiger partial charge in [0.05, 0.1) is 13.2 Å². The van der Waals surface area contributed by atoms with Crippen molar-refractivity contribution < 1.29 is 9.53 Å². The molecule has 4 rings (SSSR count). The van der Waals surface area contributed by atoms with E-state index in [1.165, 1.54) is 5.56 Å². The van der Waals surface area contributed by atoms with Crippen molar-refractivity contribution in [3.63, 3.8) is 0 Å². The highest BCUT2D eigenvalue weighted by atomic mass is 16.6. The van der Waals surface area contributed by atoms with E-state index < -0.39 is 0 Å². The minimum atomic E-state index is -0.0787. The maximum atomic E-state index is 12.7. The van der Waals surface area contributed by atoms with Crippen LogP contribution in [0.2, 0.25) is 0 Å². The summed E-state index contributed by atoms with van der Waals surface area (Å²) in [7, 11) is 0. The van der Waals surface area contributed by atoms with Crippen LogP contribution in [0.25, 0.3) is 0 Å². The maximum Gasteiger partial charge on any atom is 0.320 e. The van der Waals surface area contributed by atoms with Gasteiger partial charge in [-0.1, -0.05) is 30.3 Å². The van der Waals surface area contributed by atoms with Gasteiger partial charge in [0.25, 0.3) is 0 Å². The summed E-state index contributed by atoms with van der Waals surface area (Å²) in [5.41, 5.74) is 1.29. The molecule has 130 valence electrons.